The summed E-state index contributed by atoms with van der Waals surface area (Å²) in [6.45, 7) is 2.31. The second-order valence-electron chi connectivity index (χ2n) is 7.30. The van der Waals surface area contributed by atoms with Crippen LogP contribution in [0.4, 0.5) is 0 Å². The normalized spacial score (nSPS) is 22.2. The molecular weight excluding hydrogens is 380 g/mol. The van der Waals surface area contributed by atoms with Crippen LogP contribution in [0.3, 0.4) is 0 Å². The van der Waals surface area contributed by atoms with Gasteiger partial charge in [0.25, 0.3) is 0 Å². The molecule has 2 fully saturated rings. The van der Waals surface area contributed by atoms with Crippen molar-refractivity contribution in [2.45, 2.75) is 25.7 Å². The first-order valence-corrected chi connectivity index (χ1v) is 11.2. The number of ketones is 2. The van der Waals surface area contributed by atoms with Gasteiger partial charge in [0.2, 0.25) is 21.6 Å². The fourth-order valence-corrected chi connectivity index (χ4v) is 5.87. The third kappa shape index (κ3) is 3.29. The highest BCUT2D eigenvalue weighted by molar-refractivity contribution is 7.94. The maximum absolute atomic E-state index is 13.5. The molecule has 0 bridgehead atoms. The molecule has 4 rings (SSSR count). The number of hydrogen-bond acceptors (Lipinski definition) is 6. The van der Waals surface area contributed by atoms with Gasteiger partial charge < -0.3 is 9.64 Å². The molecule has 2 heterocycles. The van der Waals surface area contributed by atoms with E-state index in [-0.39, 0.29) is 21.7 Å². The number of carbonyl (C=O) groups excluding carboxylic acids is 2. The number of morpholine rings is 1. The largest absolute Gasteiger partial charge is 0.378 e. The van der Waals surface area contributed by atoms with Gasteiger partial charge in [0.1, 0.15) is 5.70 Å². The Morgan fingerprint density at radius 3 is 1.96 bits per heavy atom. The number of Topliss-reactive ketones (excluding diaryl/α,β-unsaturated/α-hetero) is 2. The van der Waals surface area contributed by atoms with Crippen LogP contribution in [0, 0.1) is 0 Å². The average molecular weight is 404 g/mol. The van der Waals surface area contributed by atoms with Crippen molar-refractivity contribution in [1.82, 2.24) is 9.21 Å². The molecule has 0 N–H and O–H groups in total. The van der Waals surface area contributed by atoms with Crippen molar-refractivity contribution in [2.75, 3.05) is 39.4 Å². The zero-order valence-electron chi connectivity index (χ0n) is 15.7. The molecule has 2 saturated heterocycles. The van der Waals surface area contributed by atoms with E-state index in [0.29, 0.717) is 39.4 Å². The van der Waals surface area contributed by atoms with Crippen LogP contribution in [0.15, 0.2) is 34.9 Å². The standard InChI is InChI=1S/C20H24N2O5S/c23-18-15-7-3-4-8-16(15)19(24)20(17(18)21-11-13-27-14-12-21)28(25,26)22-9-5-1-2-6-10-22/h3-4,7-8H,1-2,5-6,9-14H2. The Balaban J connectivity index is 1.87. The second kappa shape index (κ2) is 7.77. The van der Waals surface area contributed by atoms with Gasteiger partial charge >= 0.3 is 0 Å². The summed E-state index contributed by atoms with van der Waals surface area (Å²) >= 11 is 0. The van der Waals surface area contributed by atoms with Crippen LogP contribution in [0.25, 0.3) is 0 Å². The first-order chi connectivity index (χ1) is 13.5. The Morgan fingerprint density at radius 1 is 0.786 bits per heavy atom. The van der Waals surface area contributed by atoms with Gasteiger partial charge in [0, 0.05) is 37.3 Å². The van der Waals surface area contributed by atoms with Gasteiger partial charge in [-0.2, -0.15) is 4.31 Å². The molecule has 0 atom stereocenters. The smallest absolute Gasteiger partial charge is 0.249 e. The van der Waals surface area contributed by atoms with Crippen LogP contribution in [0.2, 0.25) is 0 Å². The average Bonchev–Trinajstić information content (AvgIpc) is 3.01. The van der Waals surface area contributed by atoms with Crippen LogP contribution in [0.1, 0.15) is 46.4 Å². The molecule has 7 nitrogen and oxygen atoms in total. The fraction of sp³-hybridized carbons (Fsp3) is 0.500. The van der Waals surface area contributed by atoms with Crippen molar-refractivity contribution in [3.63, 3.8) is 0 Å². The summed E-state index contributed by atoms with van der Waals surface area (Å²) in [4.78, 5) is 27.9. The third-order valence-electron chi connectivity index (χ3n) is 5.54. The fourth-order valence-electron chi connectivity index (χ4n) is 4.06. The Labute approximate surface area is 165 Å². The first-order valence-electron chi connectivity index (χ1n) is 9.77. The number of rotatable bonds is 3. The van der Waals surface area contributed by atoms with Crippen molar-refractivity contribution in [3.8, 4) is 0 Å². The summed E-state index contributed by atoms with van der Waals surface area (Å²) in [6.07, 6.45) is 3.46. The maximum Gasteiger partial charge on any atom is 0.249 e. The van der Waals surface area contributed by atoms with Gasteiger partial charge in [-0.25, -0.2) is 8.42 Å². The highest BCUT2D eigenvalue weighted by Crippen LogP contribution is 2.34. The molecule has 1 aromatic carbocycles. The van der Waals surface area contributed by atoms with E-state index in [1.54, 1.807) is 23.1 Å². The highest BCUT2D eigenvalue weighted by atomic mass is 32.2. The van der Waals surface area contributed by atoms with Gasteiger partial charge in [-0.1, -0.05) is 37.1 Å². The van der Waals surface area contributed by atoms with Crippen molar-refractivity contribution in [2.24, 2.45) is 0 Å². The zero-order valence-corrected chi connectivity index (χ0v) is 16.5. The first kappa shape index (κ1) is 19.3. The number of benzene rings is 1. The molecule has 8 heteroatoms. The van der Waals surface area contributed by atoms with Gasteiger partial charge in [0.15, 0.2) is 4.91 Å². The van der Waals surface area contributed by atoms with Gasteiger partial charge in [0.05, 0.1) is 13.2 Å². The van der Waals surface area contributed by atoms with Crippen LogP contribution in [0.5, 0.6) is 0 Å². The van der Waals surface area contributed by atoms with E-state index >= 15 is 0 Å². The van der Waals surface area contributed by atoms with Gasteiger partial charge in [-0.3, -0.25) is 9.59 Å². The third-order valence-corrected chi connectivity index (χ3v) is 7.48. The Hall–Kier alpha value is -2.03. The lowest BCUT2D eigenvalue weighted by molar-refractivity contribution is 0.0498. The minimum absolute atomic E-state index is 0.0104. The topological polar surface area (TPSA) is 84.0 Å². The molecule has 0 aromatic heterocycles. The van der Waals surface area contributed by atoms with E-state index in [4.69, 9.17) is 4.74 Å². The molecule has 0 amide bonds. The Kier molecular flexibility index (Phi) is 5.35. The summed E-state index contributed by atoms with van der Waals surface area (Å²) < 4.78 is 33.8. The predicted molar refractivity (Wildman–Crippen MR) is 103 cm³/mol. The van der Waals surface area contributed by atoms with E-state index in [0.717, 1.165) is 25.7 Å². The maximum atomic E-state index is 13.5. The zero-order chi connectivity index (χ0) is 19.7. The van der Waals surface area contributed by atoms with Gasteiger partial charge in [-0.15, -0.1) is 0 Å². The van der Waals surface area contributed by atoms with Crippen LogP contribution in [-0.4, -0.2) is 68.6 Å². The number of ether oxygens (including phenoxy) is 1. The van der Waals surface area contributed by atoms with E-state index in [2.05, 4.69) is 0 Å². The van der Waals surface area contributed by atoms with E-state index in [1.165, 1.54) is 10.4 Å². The van der Waals surface area contributed by atoms with Crippen molar-refractivity contribution < 1.29 is 22.7 Å². The summed E-state index contributed by atoms with van der Waals surface area (Å²) in [5.41, 5.74) is 0.443. The lowest BCUT2D eigenvalue weighted by Gasteiger charge is -2.34. The summed E-state index contributed by atoms with van der Waals surface area (Å²) in [7, 11) is -4.07. The number of allylic oxidation sites excluding steroid dienone is 2. The minimum atomic E-state index is -4.07. The molecule has 1 aliphatic carbocycles. The molecule has 1 aromatic rings. The predicted octanol–water partition coefficient (Wildman–Crippen LogP) is 1.82. The molecule has 150 valence electrons. The van der Waals surface area contributed by atoms with Crippen LogP contribution in [-0.2, 0) is 14.8 Å². The van der Waals surface area contributed by atoms with E-state index in [9.17, 15) is 18.0 Å². The summed E-state index contributed by atoms with van der Waals surface area (Å²) in [5, 5.41) is 0. The molecule has 3 aliphatic rings. The highest BCUT2D eigenvalue weighted by Gasteiger charge is 2.43. The monoisotopic (exact) mass is 404 g/mol. The van der Waals surface area contributed by atoms with Crippen molar-refractivity contribution >= 4 is 21.6 Å². The number of sulfonamides is 1. The Bertz CT molecular complexity index is 924. The van der Waals surface area contributed by atoms with Gasteiger partial charge in [-0.05, 0) is 12.8 Å². The van der Waals surface area contributed by atoms with Crippen LogP contribution >= 0.6 is 0 Å². The van der Waals surface area contributed by atoms with Crippen molar-refractivity contribution in [3.05, 3.63) is 46.0 Å². The number of fused-ring (bicyclic) bond motifs is 1. The number of hydrogen-bond donors (Lipinski definition) is 0. The molecule has 0 saturated carbocycles. The molecule has 0 unspecified atom stereocenters. The lowest BCUT2D eigenvalue weighted by Crippen LogP contribution is -2.45. The van der Waals surface area contributed by atoms with Crippen molar-refractivity contribution in [1.29, 1.82) is 0 Å². The molecule has 0 radical (unpaired) electrons. The SMILES string of the molecule is O=C1C(N2CCOCC2)=C(S(=O)(=O)N2CCCCCC2)C(=O)c2ccccc21. The quantitative estimate of drug-likeness (QED) is 0.764. The second-order valence-corrected chi connectivity index (χ2v) is 9.17. The van der Waals surface area contributed by atoms with E-state index < -0.39 is 21.6 Å². The summed E-state index contributed by atoms with van der Waals surface area (Å²) in [5.74, 6) is -0.980. The number of carbonyl (C=O) groups is 2. The Morgan fingerprint density at radius 2 is 1.36 bits per heavy atom. The van der Waals surface area contributed by atoms with E-state index in [1.807, 2.05) is 0 Å². The minimum Gasteiger partial charge on any atom is -0.378 e. The van der Waals surface area contributed by atoms with Crippen LogP contribution < -0.4 is 0 Å². The molecule has 28 heavy (non-hydrogen) atoms. The number of nitrogens with zero attached hydrogens (tertiary/aromatic N) is 2. The molecule has 0 spiro atoms. The lowest BCUT2D eigenvalue weighted by atomic mass is 9.91. The summed E-state index contributed by atoms with van der Waals surface area (Å²) in [6, 6.07) is 6.46. The molecule has 2 aliphatic heterocycles. The molecular formula is C20H24N2O5S.